The molecule has 0 bridgehead atoms. The predicted octanol–water partition coefficient (Wildman–Crippen LogP) is 4.85. The Kier molecular flexibility index (Phi) is 5.62. The van der Waals surface area contributed by atoms with Crippen molar-refractivity contribution in [3.05, 3.63) is 54.0 Å². The number of rotatable bonds is 6. The maximum Gasteiger partial charge on any atom is 0.418 e. The fraction of sp³-hybridized carbons (Fsp3) is 0.368. The molecule has 1 aromatic heterocycles. The minimum atomic E-state index is -4.63. The van der Waals surface area contributed by atoms with E-state index in [1.165, 1.54) is 18.4 Å². The number of hydrogen-bond donors (Lipinski definition) is 1. The first-order valence-corrected chi connectivity index (χ1v) is 9.35. The number of nitrogens with one attached hydrogen (secondary N) is 1. The Morgan fingerprint density at radius 3 is 2.41 bits per heavy atom. The Morgan fingerprint density at radius 2 is 1.86 bits per heavy atom. The van der Waals surface area contributed by atoms with Gasteiger partial charge < -0.3 is 14.6 Å². The molecule has 1 heterocycles. The zero-order valence-corrected chi connectivity index (χ0v) is 16.7. The van der Waals surface area contributed by atoms with Crippen molar-refractivity contribution >= 4 is 40.7 Å². The number of furan rings is 1. The zero-order valence-electron chi connectivity index (χ0n) is 15.2. The SMILES string of the molecule is CC1(C(=O)N(CC(=O)Nc2ccccc2C(F)(F)F)Cc2ccco2)CC1(Cl)Cl. The van der Waals surface area contributed by atoms with Crippen molar-refractivity contribution in [1.82, 2.24) is 4.90 Å². The van der Waals surface area contributed by atoms with Crippen LogP contribution in [0.3, 0.4) is 0 Å². The Bertz CT molecular complexity index is 916. The molecule has 3 rings (SSSR count). The van der Waals surface area contributed by atoms with Gasteiger partial charge in [-0.3, -0.25) is 9.59 Å². The van der Waals surface area contributed by atoms with Gasteiger partial charge in [-0.15, -0.1) is 23.2 Å². The van der Waals surface area contributed by atoms with E-state index < -0.39 is 45.5 Å². The van der Waals surface area contributed by atoms with Gasteiger partial charge in [-0.05, 0) is 37.6 Å². The number of alkyl halides is 5. The molecule has 10 heteroatoms. The van der Waals surface area contributed by atoms with Crippen molar-refractivity contribution in [2.45, 2.75) is 30.4 Å². The number of anilines is 1. The van der Waals surface area contributed by atoms with E-state index in [0.29, 0.717) is 5.76 Å². The van der Waals surface area contributed by atoms with Crippen LogP contribution in [-0.4, -0.2) is 27.6 Å². The second-order valence-electron chi connectivity index (χ2n) is 7.05. The summed E-state index contributed by atoms with van der Waals surface area (Å²) >= 11 is 12.2. The van der Waals surface area contributed by atoms with Crippen LogP contribution in [-0.2, 0) is 22.3 Å². The van der Waals surface area contributed by atoms with Crippen molar-refractivity contribution in [3.8, 4) is 0 Å². The molecule has 29 heavy (non-hydrogen) atoms. The molecule has 1 unspecified atom stereocenters. The lowest BCUT2D eigenvalue weighted by molar-refractivity contribution is -0.140. The highest BCUT2D eigenvalue weighted by atomic mass is 35.5. The molecular formula is C19H17Cl2F3N2O3. The number of carbonyl (C=O) groups excluding carboxylic acids is 2. The molecule has 1 saturated carbocycles. The van der Waals surface area contributed by atoms with Crippen LogP contribution in [0.4, 0.5) is 18.9 Å². The third kappa shape index (κ3) is 4.53. The van der Waals surface area contributed by atoms with E-state index in [2.05, 4.69) is 5.32 Å². The Labute approximate surface area is 174 Å². The summed E-state index contributed by atoms with van der Waals surface area (Å²) < 4.78 is 43.4. The first-order chi connectivity index (χ1) is 13.4. The first kappa shape index (κ1) is 21.5. The molecule has 156 valence electrons. The minimum absolute atomic E-state index is 0.0559. The van der Waals surface area contributed by atoms with Gasteiger partial charge in [0.2, 0.25) is 11.8 Å². The normalized spacial score (nSPS) is 20.2. The number of amides is 2. The number of carbonyl (C=O) groups is 2. The van der Waals surface area contributed by atoms with Crippen molar-refractivity contribution in [3.63, 3.8) is 0 Å². The first-order valence-electron chi connectivity index (χ1n) is 8.60. The molecule has 0 spiro atoms. The van der Waals surface area contributed by atoms with E-state index in [9.17, 15) is 22.8 Å². The van der Waals surface area contributed by atoms with E-state index >= 15 is 0 Å². The zero-order chi connectivity index (χ0) is 21.4. The minimum Gasteiger partial charge on any atom is -0.467 e. The van der Waals surface area contributed by atoms with Crippen molar-refractivity contribution in [2.24, 2.45) is 5.41 Å². The second-order valence-corrected chi connectivity index (χ2v) is 8.53. The second kappa shape index (κ2) is 7.57. The topological polar surface area (TPSA) is 62.6 Å². The van der Waals surface area contributed by atoms with Gasteiger partial charge in [0.1, 0.15) is 16.6 Å². The summed E-state index contributed by atoms with van der Waals surface area (Å²) in [6.07, 6.45) is -3.02. The molecule has 2 amide bonds. The summed E-state index contributed by atoms with van der Waals surface area (Å²) in [7, 11) is 0. The highest BCUT2D eigenvalue weighted by Crippen LogP contribution is 2.64. The van der Waals surface area contributed by atoms with Crippen LogP contribution in [0.25, 0.3) is 0 Å². The van der Waals surface area contributed by atoms with Gasteiger partial charge >= 0.3 is 6.18 Å². The quantitative estimate of drug-likeness (QED) is 0.642. The average Bonchev–Trinajstić information content (AvgIpc) is 2.97. The molecule has 0 radical (unpaired) electrons. The predicted molar refractivity (Wildman–Crippen MR) is 101 cm³/mol. The summed E-state index contributed by atoms with van der Waals surface area (Å²) in [5.74, 6) is -0.875. The summed E-state index contributed by atoms with van der Waals surface area (Å²) in [5, 5.41) is 2.23. The summed E-state index contributed by atoms with van der Waals surface area (Å²) in [4.78, 5) is 26.6. The van der Waals surface area contributed by atoms with Crippen molar-refractivity contribution in [2.75, 3.05) is 11.9 Å². The van der Waals surface area contributed by atoms with Gasteiger partial charge in [0.05, 0.1) is 29.5 Å². The molecule has 0 saturated heterocycles. The summed E-state index contributed by atoms with van der Waals surface area (Å²) in [5.41, 5.74) is -2.46. The van der Waals surface area contributed by atoms with Crippen molar-refractivity contribution < 1.29 is 27.2 Å². The van der Waals surface area contributed by atoms with Crippen molar-refractivity contribution in [1.29, 1.82) is 0 Å². The number of halogens is 5. The lowest BCUT2D eigenvalue weighted by Gasteiger charge is -2.25. The lowest BCUT2D eigenvalue weighted by Crippen LogP contribution is -2.42. The highest BCUT2D eigenvalue weighted by molar-refractivity contribution is 6.53. The van der Waals surface area contributed by atoms with E-state index in [-0.39, 0.29) is 13.0 Å². The van der Waals surface area contributed by atoms with Crippen LogP contribution >= 0.6 is 23.2 Å². The number of benzene rings is 1. The largest absolute Gasteiger partial charge is 0.467 e. The molecule has 5 nitrogen and oxygen atoms in total. The summed E-state index contributed by atoms with van der Waals surface area (Å²) in [6, 6.07) is 7.83. The lowest BCUT2D eigenvalue weighted by atomic mass is 10.1. The maximum absolute atomic E-state index is 13.1. The van der Waals surface area contributed by atoms with E-state index in [4.69, 9.17) is 27.6 Å². The van der Waals surface area contributed by atoms with Crippen LogP contribution in [0.5, 0.6) is 0 Å². The Balaban J connectivity index is 1.78. The van der Waals surface area contributed by atoms with Crippen LogP contribution < -0.4 is 5.32 Å². The van der Waals surface area contributed by atoms with E-state index in [0.717, 1.165) is 17.0 Å². The van der Waals surface area contributed by atoms with Crippen LogP contribution in [0.15, 0.2) is 47.1 Å². The maximum atomic E-state index is 13.1. The van der Waals surface area contributed by atoms with Crippen LogP contribution in [0, 0.1) is 5.41 Å². The number of hydrogen-bond acceptors (Lipinski definition) is 3. The fourth-order valence-corrected chi connectivity index (χ4v) is 3.67. The Hall–Kier alpha value is -2.19. The molecule has 2 aromatic rings. The molecule has 1 fully saturated rings. The van der Waals surface area contributed by atoms with Gasteiger partial charge in [0, 0.05) is 0 Å². The highest BCUT2D eigenvalue weighted by Gasteiger charge is 2.68. The Morgan fingerprint density at radius 1 is 1.21 bits per heavy atom. The fourth-order valence-electron chi connectivity index (χ4n) is 2.97. The average molecular weight is 449 g/mol. The number of para-hydroxylation sites is 1. The molecule has 1 aromatic carbocycles. The van der Waals surface area contributed by atoms with E-state index in [1.54, 1.807) is 19.1 Å². The van der Waals surface area contributed by atoms with Crippen LogP contribution in [0.2, 0.25) is 0 Å². The smallest absolute Gasteiger partial charge is 0.418 e. The monoisotopic (exact) mass is 448 g/mol. The van der Waals surface area contributed by atoms with Gasteiger partial charge in [-0.1, -0.05) is 12.1 Å². The van der Waals surface area contributed by atoms with Gasteiger partial charge in [-0.2, -0.15) is 13.2 Å². The number of nitrogens with zero attached hydrogens (tertiary/aromatic N) is 1. The summed E-state index contributed by atoms with van der Waals surface area (Å²) in [6.45, 7) is 1.02. The molecule has 0 aliphatic heterocycles. The molecule has 1 aliphatic carbocycles. The van der Waals surface area contributed by atoms with Crippen LogP contribution in [0.1, 0.15) is 24.7 Å². The standard InChI is InChI=1S/C19H17Cl2F3N2O3/c1-17(11-18(17,20)21)16(28)26(9-12-5-4-8-29-12)10-15(27)25-14-7-3-2-6-13(14)19(22,23)24/h2-8H,9-11H2,1H3,(H,25,27). The third-order valence-corrected chi connectivity index (χ3v) is 5.89. The van der Waals surface area contributed by atoms with Gasteiger partial charge in [0.25, 0.3) is 0 Å². The van der Waals surface area contributed by atoms with Gasteiger partial charge in [-0.25, -0.2) is 0 Å². The molecule has 1 atom stereocenters. The van der Waals surface area contributed by atoms with E-state index in [1.807, 2.05) is 0 Å². The molecule has 1 aliphatic rings. The molecule has 1 N–H and O–H groups in total. The molecular weight excluding hydrogens is 432 g/mol. The third-order valence-electron chi connectivity index (χ3n) is 4.78. The van der Waals surface area contributed by atoms with Gasteiger partial charge in [0.15, 0.2) is 0 Å².